The summed E-state index contributed by atoms with van der Waals surface area (Å²) < 4.78 is 0. The van der Waals surface area contributed by atoms with Crippen molar-refractivity contribution in [1.82, 2.24) is 0 Å². The molecule has 4 aromatic carbocycles. The average Bonchev–Trinajstić information content (AvgIpc) is 2.82. The van der Waals surface area contributed by atoms with E-state index in [4.69, 9.17) is 0 Å². The van der Waals surface area contributed by atoms with Crippen molar-refractivity contribution in [3.8, 4) is 45.9 Å². The minimum absolute atomic E-state index is 0.665. The lowest BCUT2D eigenvalue weighted by Gasteiger charge is -2.16. The summed E-state index contributed by atoms with van der Waals surface area (Å²) in [7, 11) is -2.66. The van der Waals surface area contributed by atoms with Gasteiger partial charge in [-0.25, -0.2) is 0 Å². The van der Waals surface area contributed by atoms with Crippen LogP contribution in [0.5, 0.6) is 0 Å². The van der Waals surface area contributed by atoms with Crippen molar-refractivity contribution < 1.29 is 0 Å². The first-order valence-electron chi connectivity index (χ1n) is 12.2. The van der Waals surface area contributed by atoms with E-state index in [9.17, 15) is 0 Å². The molecule has 0 aliphatic rings. The van der Waals surface area contributed by atoms with Crippen molar-refractivity contribution in [3.63, 3.8) is 0 Å². The molecule has 4 radical (unpaired) electrons. The summed E-state index contributed by atoms with van der Waals surface area (Å²) in [6.45, 7) is 17.9. The summed E-state index contributed by atoms with van der Waals surface area (Å²) >= 11 is 0. The minimum Gasteiger partial charge on any atom is -0.128 e. The lowest BCUT2D eigenvalue weighted by molar-refractivity contribution is 1.67. The summed E-state index contributed by atoms with van der Waals surface area (Å²) in [5, 5.41) is 7.34. The van der Waals surface area contributed by atoms with Gasteiger partial charge in [0.2, 0.25) is 0 Å². The molecule has 4 rings (SSSR count). The molecule has 174 valence electrons. The van der Waals surface area contributed by atoms with Crippen molar-refractivity contribution in [2.45, 2.75) is 52.4 Å². The Kier molecular flexibility index (Phi) is 7.95. The third-order valence-electron chi connectivity index (χ3n) is 5.69. The number of hydrogen-bond acceptors (Lipinski definition) is 0. The first-order valence-corrected chi connectivity index (χ1v) is 22.2. The quantitative estimate of drug-likeness (QED) is 0.129. The Hall–Kier alpha value is -2.97. The van der Waals surface area contributed by atoms with Gasteiger partial charge in [0.05, 0.1) is 0 Å². The molecule has 4 aromatic rings. The van der Waals surface area contributed by atoms with E-state index in [0.29, 0.717) is 0 Å². The molecule has 0 fully saturated rings. The smallest absolute Gasteiger partial charge is 0.128 e. The summed E-state index contributed by atoms with van der Waals surface area (Å²) in [5.74, 6) is 14.1. The van der Waals surface area contributed by atoms with Crippen molar-refractivity contribution in [3.05, 3.63) is 58.7 Å². The van der Waals surface area contributed by atoms with Crippen molar-refractivity contribution in [2.24, 2.45) is 0 Å². The molecule has 0 saturated heterocycles. The monoisotopic (exact) mass is 526 g/mol. The zero-order chi connectivity index (χ0) is 26.0. The van der Waals surface area contributed by atoms with Gasteiger partial charge in [-0.3, -0.25) is 0 Å². The first-order chi connectivity index (χ1) is 17.2. The average molecular weight is 527 g/mol. The Morgan fingerprint density at radius 3 is 0.806 bits per heavy atom. The van der Waals surface area contributed by atoms with E-state index in [0.717, 1.165) is 22.3 Å². The Morgan fingerprint density at radius 1 is 0.389 bits per heavy atom. The normalized spacial score (nSPS) is 10.9. The van der Waals surface area contributed by atoms with Gasteiger partial charge in [0.25, 0.3) is 0 Å². The molecule has 0 atom stereocenters. The summed E-state index contributed by atoms with van der Waals surface area (Å²) in [6, 6.07) is 13.4. The van der Waals surface area contributed by atoms with Gasteiger partial charge in [0, 0.05) is 22.3 Å². The van der Waals surface area contributed by atoms with Crippen molar-refractivity contribution in [1.29, 1.82) is 0 Å². The highest BCUT2D eigenvalue weighted by Crippen LogP contribution is 2.40. The van der Waals surface area contributed by atoms with Gasteiger partial charge < -0.3 is 0 Å². The van der Waals surface area contributed by atoms with Crippen LogP contribution in [0, 0.1) is 45.9 Å². The molecule has 0 aromatic heterocycles. The highest BCUT2D eigenvalue weighted by atomic mass is 28.3. The van der Waals surface area contributed by atoms with Crippen LogP contribution in [0.15, 0.2) is 36.4 Å². The molecular formula is C32H30Si4. The maximum absolute atomic E-state index is 3.52. The topological polar surface area (TPSA) is 0 Å². The Bertz CT molecular complexity index is 1460. The molecule has 4 heteroatoms. The van der Waals surface area contributed by atoms with Crippen LogP contribution < -0.4 is 0 Å². The fourth-order valence-corrected chi connectivity index (χ4v) is 5.71. The second kappa shape index (κ2) is 11.0. The second-order valence-corrected chi connectivity index (χ2v) is 19.0. The molecule has 0 N–H and O–H groups in total. The molecule has 36 heavy (non-hydrogen) atoms. The van der Waals surface area contributed by atoms with Crippen LogP contribution in [0.4, 0.5) is 0 Å². The molecular weight excluding hydrogens is 497 g/mol. The van der Waals surface area contributed by atoms with Crippen LogP contribution in [0.1, 0.15) is 22.3 Å². The molecule has 0 nitrogen and oxygen atoms in total. The number of hydrogen-bond donors (Lipinski definition) is 0. The van der Waals surface area contributed by atoms with Crippen LogP contribution in [-0.4, -0.2) is 35.2 Å². The third kappa shape index (κ3) is 5.55. The fourth-order valence-electron chi connectivity index (χ4n) is 4.18. The number of rotatable bonds is 0. The highest BCUT2D eigenvalue weighted by Gasteiger charge is 2.17. The van der Waals surface area contributed by atoms with Crippen LogP contribution in [0.3, 0.4) is 0 Å². The Labute approximate surface area is 223 Å². The van der Waals surface area contributed by atoms with Gasteiger partial charge in [0.1, 0.15) is 35.2 Å². The van der Waals surface area contributed by atoms with E-state index in [1.165, 1.54) is 32.3 Å². The molecule has 0 aliphatic carbocycles. The van der Waals surface area contributed by atoms with Gasteiger partial charge in [-0.2, -0.15) is 0 Å². The predicted octanol–water partition coefficient (Wildman–Crippen LogP) is 7.16. The number of benzene rings is 4. The summed E-state index contributed by atoms with van der Waals surface area (Å²) in [6.07, 6.45) is 0. The summed E-state index contributed by atoms with van der Waals surface area (Å²) in [5.41, 5.74) is 18.3. The predicted molar refractivity (Wildman–Crippen MR) is 168 cm³/mol. The zero-order valence-electron chi connectivity index (χ0n) is 22.5. The van der Waals surface area contributed by atoms with Crippen LogP contribution in [-0.2, 0) is 0 Å². The fraction of sp³-hybridized carbons (Fsp3) is 0.250. The zero-order valence-corrected chi connectivity index (χ0v) is 26.5. The van der Waals surface area contributed by atoms with E-state index >= 15 is 0 Å². The summed E-state index contributed by atoms with van der Waals surface area (Å²) in [4.78, 5) is 0. The highest BCUT2D eigenvalue weighted by molar-refractivity contribution is 6.66. The maximum Gasteiger partial charge on any atom is 0.138 e. The van der Waals surface area contributed by atoms with E-state index in [2.05, 4.69) is 135 Å². The van der Waals surface area contributed by atoms with Crippen LogP contribution in [0.2, 0.25) is 52.4 Å². The van der Waals surface area contributed by atoms with Crippen LogP contribution >= 0.6 is 0 Å². The molecule has 0 amide bonds. The largest absolute Gasteiger partial charge is 0.138 e. The lowest BCUT2D eigenvalue weighted by atomic mass is 9.86. The first kappa shape index (κ1) is 26.1. The Balaban J connectivity index is 2.23. The van der Waals surface area contributed by atoms with Crippen molar-refractivity contribution >= 4 is 67.5 Å². The van der Waals surface area contributed by atoms with Gasteiger partial charge in [-0.1, -0.05) is 100 Å². The molecule has 0 unspecified atom stereocenters. The molecule has 0 heterocycles. The van der Waals surface area contributed by atoms with E-state index in [-0.39, 0.29) is 0 Å². The van der Waals surface area contributed by atoms with Gasteiger partial charge >= 0.3 is 0 Å². The third-order valence-corrected chi connectivity index (χ3v) is 8.19. The van der Waals surface area contributed by atoms with Gasteiger partial charge in [-0.15, -0.1) is 22.2 Å². The SMILES string of the molecule is C[Si](C)C#Cc1cc(C#C[Si](C)C)c2ccc3c(C#C[Si](C)C)cc(C#C[Si](C)C)c4ccc1c2c43. The van der Waals surface area contributed by atoms with E-state index in [1.54, 1.807) is 0 Å². The van der Waals surface area contributed by atoms with E-state index in [1.807, 2.05) is 0 Å². The molecule has 0 bridgehead atoms. The van der Waals surface area contributed by atoms with Gasteiger partial charge in [0.15, 0.2) is 0 Å². The second-order valence-electron chi connectivity index (χ2n) is 10.0. The molecule has 0 aliphatic heterocycles. The van der Waals surface area contributed by atoms with Gasteiger partial charge in [-0.05, 0) is 44.5 Å². The van der Waals surface area contributed by atoms with Crippen molar-refractivity contribution in [2.75, 3.05) is 0 Å². The van der Waals surface area contributed by atoms with Crippen LogP contribution in [0.25, 0.3) is 32.3 Å². The standard InChI is InChI=1S/C32H30Si4/c1-33(2)17-13-23-21-24(14-18-34(3)4)28-11-12-30-26(16-20-36(7)8)22-25(15-19-35(5)6)29-10-9-27(23)31(28)32(29)30/h9-12,21-22H,1-8H3. The minimum atomic E-state index is -0.665. The molecule has 0 spiro atoms. The maximum atomic E-state index is 3.52. The molecule has 0 saturated carbocycles. The lowest BCUT2D eigenvalue weighted by Crippen LogP contribution is -1.98. The Morgan fingerprint density at radius 2 is 0.611 bits per heavy atom. The van der Waals surface area contributed by atoms with E-state index < -0.39 is 35.2 Å².